The lowest BCUT2D eigenvalue weighted by Crippen LogP contribution is -2.07. The fourth-order valence-electron chi connectivity index (χ4n) is 1.24. The first-order valence-electron chi connectivity index (χ1n) is 4.79. The predicted octanol–water partition coefficient (Wildman–Crippen LogP) is 2.08. The van der Waals surface area contributed by atoms with Crippen molar-refractivity contribution in [3.63, 3.8) is 0 Å². The summed E-state index contributed by atoms with van der Waals surface area (Å²) < 4.78 is 0. The molecular formula is C11H16N4. The van der Waals surface area contributed by atoms with Gasteiger partial charge in [-0.25, -0.2) is 9.97 Å². The normalized spacial score (nSPS) is 11.2. The third-order valence-corrected chi connectivity index (χ3v) is 2.12. The maximum Gasteiger partial charge on any atom is 0.139 e. The Hall–Kier alpha value is -1.84. The Morgan fingerprint density at radius 3 is 2.93 bits per heavy atom. The van der Waals surface area contributed by atoms with Crippen molar-refractivity contribution >= 4 is 17.2 Å². The maximum atomic E-state index is 5.81. The van der Waals surface area contributed by atoms with Crippen LogP contribution in [-0.4, -0.2) is 16.5 Å². The zero-order valence-corrected chi connectivity index (χ0v) is 9.12. The average molecular weight is 204 g/mol. The van der Waals surface area contributed by atoms with Gasteiger partial charge in [0.15, 0.2) is 0 Å². The standard InChI is InChI=1S/C11H16N4/c1-4-6-13-11-9(8(3)5-2)10(12)14-7-15-11/h4-5,7H,1,6H2,2-3H3,(H3,12,13,14,15)/b8-5-. The van der Waals surface area contributed by atoms with E-state index in [1.165, 1.54) is 6.33 Å². The summed E-state index contributed by atoms with van der Waals surface area (Å²) in [5, 5.41) is 3.13. The minimum atomic E-state index is 0.493. The highest BCUT2D eigenvalue weighted by Crippen LogP contribution is 2.25. The molecule has 1 aromatic rings. The summed E-state index contributed by atoms with van der Waals surface area (Å²) in [6.07, 6.45) is 5.20. The van der Waals surface area contributed by atoms with Crippen LogP contribution in [0.5, 0.6) is 0 Å². The van der Waals surface area contributed by atoms with Gasteiger partial charge in [0.25, 0.3) is 0 Å². The molecule has 1 rings (SSSR count). The van der Waals surface area contributed by atoms with Crippen LogP contribution in [0.1, 0.15) is 19.4 Å². The average Bonchev–Trinajstić information content (AvgIpc) is 2.25. The summed E-state index contributed by atoms with van der Waals surface area (Å²) in [7, 11) is 0. The molecule has 3 N–H and O–H groups in total. The second kappa shape index (κ2) is 5.14. The van der Waals surface area contributed by atoms with E-state index in [4.69, 9.17) is 5.73 Å². The van der Waals surface area contributed by atoms with Crippen LogP contribution in [0.15, 0.2) is 25.1 Å². The molecule has 1 heterocycles. The van der Waals surface area contributed by atoms with Gasteiger partial charge in [-0.1, -0.05) is 12.2 Å². The number of rotatable bonds is 4. The number of anilines is 2. The van der Waals surface area contributed by atoms with E-state index in [2.05, 4.69) is 21.9 Å². The molecular weight excluding hydrogens is 188 g/mol. The van der Waals surface area contributed by atoms with Crippen LogP contribution in [0.3, 0.4) is 0 Å². The van der Waals surface area contributed by atoms with E-state index in [-0.39, 0.29) is 0 Å². The maximum absolute atomic E-state index is 5.81. The zero-order chi connectivity index (χ0) is 11.3. The first-order valence-corrected chi connectivity index (χ1v) is 4.79. The van der Waals surface area contributed by atoms with Crippen LogP contribution in [0.2, 0.25) is 0 Å². The minimum absolute atomic E-state index is 0.493. The third-order valence-electron chi connectivity index (χ3n) is 2.12. The number of hydrogen-bond acceptors (Lipinski definition) is 4. The Morgan fingerprint density at radius 2 is 2.33 bits per heavy atom. The smallest absolute Gasteiger partial charge is 0.139 e. The van der Waals surface area contributed by atoms with Crippen LogP contribution in [0.25, 0.3) is 5.57 Å². The third kappa shape index (κ3) is 2.56. The summed E-state index contributed by atoms with van der Waals surface area (Å²) in [5.74, 6) is 1.24. The summed E-state index contributed by atoms with van der Waals surface area (Å²) in [6, 6.07) is 0. The fourth-order valence-corrected chi connectivity index (χ4v) is 1.24. The quantitative estimate of drug-likeness (QED) is 0.737. The lowest BCUT2D eigenvalue weighted by Gasteiger charge is -2.11. The molecule has 0 saturated carbocycles. The lowest BCUT2D eigenvalue weighted by atomic mass is 10.1. The number of hydrogen-bond donors (Lipinski definition) is 2. The van der Waals surface area contributed by atoms with Crippen LogP contribution in [0.4, 0.5) is 11.6 Å². The first kappa shape index (κ1) is 11.2. The highest BCUT2D eigenvalue weighted by molar-refractivity contribution is 5.79. The summed E-state index contributed by atoms with van der Waals surface area (Å²) in [6.45, 7) is 8.23. The molecule has 0 saturated heterocycles. The molecule has 4 nitrogen and oxygen atoms in total. The summed E-state index contributed by atoms with van der Waals surface area (Å²) >= 11 is 0. The van der Waals surface area contributed by atoms with Gasteiger partial charge in [0.1, 0.15) is 18.0 Å². The van der Waals surface area contributed by atoms with Gasteiger partial charge in [-0.05, 0) is 19.4 Å². The Labute approximate surface area is 89.9 Å². The summed E-state index contributed by atoms with van der Waals surface area (Å²) in [5.41, 5.74) is 7.73. The van der Waals surface area contributed by atoms with Crippen molar-refractivity contribution in [2.45, 2.75) is 13.8 Å². The van der Waals surface area contributed by atoms with Crippen molar-refractivity contribution in [3.8, 4) is 0 Å². The van der Waals surface area contributed by atoms with Gasteiger partial charge < -0.3 is 11.1 Å². The molecule has 0 aliphatic heterocycles. The molecule has 0 amide bonds. The molecule has 0 atom stereocenters. The zero-order valence-electron chi connectivity index (χ0n) is 9.12. The van der Waals surface area contributed by atoms with Gasteiger partial charge >= 0.3 is 0 Å². The molecule has 0 spiro atoms. The van der Waals surface area contributed by atoms with Crippen molar-refractivity contribution in [1.82, 2.24) is 9.97 Å². The Bertz CT molecular complexity index is 382. The van der Waals surface area contributed by atoms with Gasteiger partial charge in [0.2, 0.25) is 0 Å². The fraction of sp³-hybridized carbons (Fsp3) is 0.273. The van der Waals surface area contributed by atoms with Crippen LogP contribution < -0.4 is 11.1 Å². The SMILES string of the molecule is C=CCNc1ncnc(N)c1/C(C)=C\C. The van der Waals surface area contributed by atoms with E-state index < -0.39 is 0 Å². The Kier molecular flexibility index (Phi) is 3.85. The number of allylic oxidation sites excluding steroid dienone is 2. The van der Waals surface area contributed by atoms with Crippen molar-refractivity contribution in [2.24, 2.45) is 0 Å². The molecule has 80 valence electrons. The Morgan fingerprint density at radius 1 is 1.60 bits per heavy atom. The number of nitrogens with two attached hydrogens (primary N) is 1. The number of aromatic nitrogens is 2. The van der Waals surface area contributed by atoms with Crippen LogP contribution in [-0.2, 0) is 0 Å². The molecule has 0 aliphatic rings. The number of nitrogens with one attached hydrogen (secondary N) is 1. The van der Waals surface area contributed by atoms with E-state index in [1.807, 2.05) is 19.9 Å². The molecule has 4 heteroatoms. The highest BCUT2D eigenvalue weighted by atomic mass is 15.0. The number of nitrogen functional groups attached to an aromatic ring is 1. The number of nitrogens with zero attached hydrogens (tertiary/aromatic N) is 2. The van der Waals surface area contributed by atoms with Crippen molar-refractivity contribution in [3.05, 3.63) is 30.6 Å². The van der Waals surface area contributed by atoms with Crippen molar-refractivity contribution in [1.29, 1.82) is 0 Å². The van der Waals surface area contributed by atoms with E-state index in [9.17, 15) is 0 Å². The topological polar surface area (TPSA) is 63.8 Å². The Balaban J connectivity index is 3.14. The molecule has 15 heavy (non-hydrogen) atoms. The van der Waals surface area contributed by atoms with Gasteiger partial charge in [0, 0.05) is 6.54 Å². The second-order valence-corrected chi connectivity index (χ2v) is 3.12. The molecule has 0 fully saturated rings. The monoisotopic (exact) mass is 204 g/mol. The van der Waals surface area contributed by atoms with E-state index >= 15 is 0 Å². The van der Waals surface area contributed by atoms with Gasteiger partial charge in [0.05, 0.1) is 5.56 Å². The van der Waals surface area contributed by atoms with Gasteiger partial charge in [-0.2, -0.15) is 0 Å². The second-order valence-electron chi connectivity index (χ2n) is 3.12. The van der Waals surface area contributed by atoms with Crippen molar-refractivity contribution < 1.29 is 0 Å². The van der Waals surface area contributed by atoms with E-state index in [0.29, 0.717) is 12.4 Å². The minimum Gasteiger partial charge on any atom is -0.383 e. The highest BCUT2D eigenvalue weighted by Gasteiger charge is 2.09. The van der Waals surface area contributed by atoms with E-state index in [1.54, 1.807) is 6.08 Å². The largest absolute Gasteiger partial charge is 0.383 e. The van der Waals surface area contributed by atoms with Crippen LogP contribution in [0, 0.1) is 0 Å². The molecule has 0 bridgehead atoms. The van der Waals surface area contributed by atoms with Crippen LogP contribution >= 0.6 is 0 Å². The van der Waals surface area contributed by atoms with Gasteiger partial charge in [-0.15, -0.1) is 6.58 Å². The van der Waals surface area contributed by atoms with Crippen molar-refractivity contribution in [2.75, 3.05) is 17.6 Å². The molecule has 0 aliphatic carbocycles. The molecule has 1 aromatic heterocycles. The molecule has 0 unspecified atom stereocenters. The predicted molar refractivity (Wildman–Crippen MR) is 64.5 cm³/mol. The van der Waals surface area contributed by atoms with E-state index in [0.717, 1.165) is 17.0 Å². The lowest BCUT2D eigenvalue weighted by molar-refractivity contribution is 1.13. The first-order chi connectivity index (χ1) is 7.20. The summed E-state index contributed by atoms with van der Waals surface area (Å²) in [4.78, 5) is 8.13. The molecule has 0 radical (unpaired) electrons. The van der Waals surface area contributed by atoms with Gasteiger partial charge in [-0.3, -0.25) is 0 Å². The molecule has 0 aromatic carbocycles.